The Morgan fingerprint density at radius 2 is 2.08 bits per heavy atom. The van der Waals surface area contributed by atoms with Crippen molar-refractivity contribution in [1.82, 2.24) is 15.0 Å². The number of nitrogens with zero attached hydrogens (tertiary/aromatic N) is 4. The van der Waals surface area contributed by atoms with Crippen molar-refractivity contribution in [3.05, 3.63) is 16.2 Å². The molecule has 9 heteroatoms. The van der Waals surface area contributed by atoms with Gasteiger partial charge in [-0.3, -0.25) is 5.84 Å². The van der Waals surface area contributed by atoms with Gasteiger partial charge in [-0.25, -0.2) is 9.99 Å². The number of fused-ring (bicyclic) bond motifs is 1. The Bertz CT molecular complexity index is 724. The summed E-state index contributed by atoms with van der Waals surface area (Å²) in [5.41, 5.74) is 7.09. The molecular formula is C15H21ClN6OS. The van der Waals surface area contributed by atoms with Gasteiger partial charge in [-0.15, -0.1) is 11.3 Å². The second-order valence-corrected chi connectivity index (χ2v) is 7.78. The van der Waals surface area contributed by atoms with Gasteiger partial charge in [0.1, 0.15) is 0 Å². The fourth-order valence-corrected chi connectivity index (χ4v) is 4.74. The lowest BCUT2D eigenvalue weighted by molar-refractivity contribution is 0.122. The van der Waals surface area contributed by atoms with Crippen molar-refractivity contribution < 1.29 is 4.74 Å². The molecule has 0 amide bonds. The number of hydrogen-bond acceptors (Lipinski definition) is 8. The van der Waals surface area contributed by atoms with Crippen molar-refractivity contribution in [3.8, 4) is 0 Å². The van der Waals surface area contributed by atoms with Crippen LogP contribution in [0.2, 0.25) is 5.28 Å². The first-order valence-corrected chi connectivity index (χ1v) is 9.37. The molecule has 130 valence electrons. The Morgan fingerprint density at radius 3 is 2.79 bits per heavy atom. The third-order valence-electron chi connectivity index (χ3n) is 4.74. The van der Waals surface area contributed by atoms with Gasteiger partial charge >= 0.3 is 0 Å². The van der Waals surface area contributed by atoms with Crippen LogP contribution in [0.4, 0.5) is 5.82 Å². The summed E-state index contributed by atoms with van der Waals surface area (Å²) in [6.07, 6.45) is 1.77. The number of aromatic nitrogens is 2. The molecular weight excluding hydrogens is 348 g/mol. The molecule has 24 heavy (non-hydrogen) atoms. The van der Waals surface area contributed by atoms with E-state index < -0.39 is 0 Å². The summed E-state index contributed by atoms with van der Waals surface area (Å²) in [4.78, 5) is 12.3. The van der Waals surface area contributed by atoms with Gasteiger partial charge < -0.3 is 15.4 Å². The fourth-order valence-electron chi connectivity index (χ4n) is 3.40. The van der Waals surface area contributed by atoms with Gasteiger partial charge in [-0.2, -0.15) is 4.98 Å². The first kappa shape index (κ1) is 16.4. The number of nitrogens with two attached hydrogens (primary N) is 2. The summed E-state index contributed by atoms with van der Waals surface area (Å²) in [7, 11) is 0. The van der Waals surface area contributed by atoms with Gasteiger partial charge in [0.25, 0.3) is 0 Å². The summed E-state index contributed by atoms with van der Waals surface area (Å²) in [5, 5.41) is 2.14. The average Bonchev–Trinajstić information content (AvgIpc) is 3.12. The maximum atomic E-state index is 6.19. The van der Waals surface area contributed by atoms with E-state index in [9.17, 15) is 0 Å². The highest BCUT2D eigenvalue weighted by molar-refractivity contribution is 7.19. The topological polar surface area (TPSA) is 93.5 Å². The molecule has 0 saturated carbocycles. The van der Waals surface area contributed by atoms with E-state index in [0.29, 0.717) is 13.2 Å². The Morgan fingerprint density at radius 1 is 1.29 bits per heavy atom. The molecule has 2 atom stereocenters. The van der Waals surface area contributed by atoms with Crippen LogP contribution in [-0.2, 0) is 11.2 Å². The largest absolute Gasteiger partial charge is 0.378 e. The lowest BCUT2D eigenvalue weighted by Gasteiger charge is -2.28. The number of ether oxygens (including phenoxy) is 1. The summed E-state index contributed by atoms with van der Waals surface area (Å²) in [5.74, 6) is 6.98. The Balaban J connectivity index is 1.66. The summed E-state index contributed by atoms with van der Waals surface area (Å²) in [6.45, 7) is 3.90. The summed E-state index contributed by atoms with van der Waals surface area (Å²) >= 11 is 7.86. The lowest BCUT2D eigenvalue weighted by Crippen LogP contribution is -2.44. The molecule has 0 aliphatic carbocycles. The lowest BCUT2D eigenvalue weighted by atomic mass is 10.1. The van der Waals surface area contributed by atoms with E-state index in [2.05, 4.69) is 20.9 Å². The number of thiophene rings is 1. The smallest absolute Gasteiger partial charge is 0.224 e. The SMILES string of the molecule is NC1CCN(N)C1Cc1cc2nc(Cl)nc(N3CCOCC3)c2s1. The number of rotatable bonds is 3. The molecule has 2 aromatic heterocycles. The normalized spacial score (nSPS) is 25.7. The predicted octanol–water partition coefficient (Wildman–Crippen LogP) is 0.999. The van der Waals surface area contributed by atoms with Crippen LogP contribution in [0.25, 0.3) is 10.2 Å². The highest BCUT2D eigenvalue weighted by Crippen LogP contribution is 2.34. The van der Waals surface area contributed by atoms with Crippen molar-refractivity contribution in [2.75, 3.05) is 37.7 Å². The Hall–Kier alpha value is -1.03. The van der Waals surface area contributed by atoms with Crippen LogP contribution in [-0.4, -0.2) is 59.9 Å². The molecule has 4 rings (SSSR count). The minimum absolute atomic E-state index is 0.119. The van der Waals surface area contributed by atoms with Crippen LogP contribution in [0.15, 0.2) is 6.07 Å². The standard InChI is InChI=1S/C15H21ClN6OS/c16-15-19-11-7-9(8-12-10(17)1-2-22(12)18)24-13(11)14(20-15)21-3-5-23-6-4-21/h7,10,12H,1-6,8,17-18H2. The van der Waals surface area contributed by atoms with Gasteiger partial charge in [0.2, 0.25) is 5.28 Å². The van der Waals surface area contributed by atoms with E-state index in [0.717, 1.165) is 48.5 Å². The van der Waals surface area contributed by atoms with Crippen LogP contribution in [0.1, 0.15) is 11.3 Å². The molecule has 0 radical (unpaired) electrons. The van der Waals surface area contributed by atoms with Gasteiger partial charge in [0.15, 0.2) is 5.82 Å². The van der Waals surface area contributed by atoms with Crippen molar-refractivity contribution in [2.24, 2.45) is 11.6 Å². The number of hydrazine groups is 1. The molecule has 4 N–H and O–H groups in total. The molecule has 0 aromatic carbocycles. The molecule has 2 aromatic rings. The molecule has 2 aliphatic rings. The fraction of sp³-hybridized carbons (Fsp3) is 0.600. The van der Waals surface area contributed by atoms with Crippen LogP contribution >= 0.6 is 22.9 Å². The van der Waals surface area contributed by atoms with E-state index in [1.807, 2.05) is 5.01 Å². The van der Waals surface area contributed by atoms with Crippen LogP contribution in [0, 0.1) is 0 Å². The first-order chi connectivity index (χ1) is 11.6. The number of hydrogen-bond donors (Lipinski definition) is 2. The quantitative estimate of drug-likeness (QED) is 0.616. The van der Waals surface area contributed by atoms with Gasteiger partial charge in [-0.05, 0) is 24.1 Å². The Labute approximate surface area is 149 Å². The molecule has 2 fully saturated rings. The summed E-state index contributed by atoms with van der Waals surface area (Å²) in [6, 6.07) is 2.39. The van der Waals surface area contributed by atoms with Gasteiger partial charge in [0.05, 0.1) is 23.4 Å². The minimum atomic E-state index is 0.119. The van der Waals surface area contributed by atoms with E-state index in [1.54, 1.807) is 11.3 Å². The van der Waals surface area contributed by atoms with Crippen molar-refractivity contribution in [2.45, 2.75) is 24.9 Å². The molecule has 2 unspecified atom stereocenters. The second kappa shape index (κ2) is 6.70. The first-order valence-electron chi connectivity index (χ1n) is 8.17. The van der Waals surface area contributed by atoms with E-state index in [4.69, 9.17) is 27.9 Å². The third kappa shape index (κ3) is 3.10. The number of halogens is 1. The second-order valence-electron chi connectivity index (χ2n) is 6.30. The van der Waals surface area contributed by atoms with Crippen molar-refractivity contribution >= 4 is 39.0 Å². The maximum Gasteiger partial charge on any atom is 0.224 e. The predicted molar refractivity (Wildman–Crippen MR) is 96.4 cm³/mol. The van der Waals surface area contributed by atoms with E-state index >= 15 is 0 Å². The molecule has 7 nitrogen and oxygen atoms in total. The van der Waals surface area contributed by atoms with Crippen LogP contribution in [0.5, 0.6) is 0 Å². The van der Waals surface area contributed by atoms with E-state index in [-0.39, 0.29) is 17.4 Å². The van der Waals surface area contributed by atoms with Gasteiger partial charge in [-0.1, -0.05) is 0 Å². The number of morpholine rings is 1. The van der Waals surface area contributed by atoms with Crippen molar-refractivity contribution in [1.29, 1.82) is 0 Å². The molecule has 0 spiro atoms. The van der Waals surface area contributed by atoms with Crippen LogP contribution < -0.4 is 16.5 Å². The van der Waals surface area contributed by atoms with Gasteiger partial charge in [0, 0.05) is 43.0 Å². The van der Waals surface area contributed by atoms with Crippen molar-refractivity contribution in [3.63, 3.8) is 0 Å². The average molecular weight is 369 g/mol. The van der Waals surface area contributed by atoms with Crippen LogP contribution in [0.3, 0.4) is 0 Å². The summed E-state index contributed by atoms with van der Waals surface area (Å²) < 4.78 is 6.51. The van der Waals surface area contributed by atoms with E-state index in [1.165, 1.54) is 4.88 Å². The molecule has 2 saturated heterocycles. The zero-order valence-corrected chi connectivity index (χ0v) is 14.9. The highest BCUT2D eigenvalue weighted by atomic mass is 35.5. The Kier molecular flexibility index (Phi) is 4.59. The zero-order chi connectivity index (χ0) is 16.7. The monoisotopic (exact) mass is 368 g/mol. The molecule has 4 heterocycles. The molecule has 2 aliphatic heterocycles. The highest BCUT2D eigenvalue weighted by Gasteiger charge is 2.30. The number of anilines is 1. The third-order valence-corrected chi connectivity index (χ3v) is 6.05. The minimum Gasteiger partial charge on any atom is -0.378 e. The zero-order valence-electron chi connectivity index (χ0n) is 13.3. The maximum absolute atomic E-state index is 6.19. The molecule has 0 bridgehead atoms.